The number of hydrogen-bond acceptors (Lipinski definition) is 4. The molecule has 0 saturated heterocycles. The van der Waals surface area contributed by atoms with Crippen LogP contribution in [0.2, 0.25) is 0 Å². The van der Waals surface area contributed by atoms with E-state index in [1.807, 2.05) is 17.8 Å². The molecule has 0 fully saturated rings. The van der Waals surface area contributed by atoms with Gasteiger partial charge in [-0.2, -0.15) is 11.8 Å². The molecule has 4 nitrogen and oxygen atoms in total. The van der Waals surface area contributed by atoms with Gasteiger partial charge in [0.15, 0.2) is 0 Å². The second-order valence-electron chi connectivity index (χ2n) is 3.79. The summed E-state index contributed by atoms with van der Waals surface area (Å²) in [7, 11) is 0. The number of unbranched alkanes of at least 4 members (excludes halogenated alkanes) is 2. The van der Waals surface area contributed by atoms with E-state index in [0.717, 1.165) is 18.7 Å². The van der Waals surface area contributed by atoms with Gasteiger partial charge in [-0.1, -0.05) is 12.5 Å². The molecule has 0 aliphatic heterocycles. The number of benzene rings is 1. The van der Waals surface area contributed by atoms with Crippen LogP contribution in [0.15, 0.2) is 24.3 Å². The van der Waals surface area contributed by atoms with Crippen molar-refractivity contribution in [2.24, 2.45) is 0 Å². The maximum absolute atomic E-state index is 10.6. The first-order valence-corrected chi connectivity index (χ1v) is 7.10. The van der Waals surface area contributed by atoms with Crippen LogP contribution in [0, 0.1) is 10.1 Å². The number of non-ortho nitro benzene ring substituents is 1. The Balaban J connectivity index is 2.27. The lowest BCUT2D eigenvalue weighted by molar-refractivity contribution is -0.384. The van der Waals surface area contributed by atoms with Crippen molar-refractivity contribution in [2.75, 3.05) is 23.9 Å². The van der Waals surface area contributed by atoms with E-state index >= 15 is 0 Å². The Kier molecular flexibility index (Phi) is 6.47. The number of hydrogen-bond donors (Lipinski definition) is 1. The SMILES string of the molecule is CSCCCCCNc1cccc([N+](=O)[O-])c1. The molecule has 0 aliphatic rings. The molecular formula is C12H18N2O2S. The van der Waals surface area contributed by atoms with Crippen molar-refractivity contribution in [3.8, 4) is 0 Å². The second-order valence-corrected chi connectivity index (χ2v) is 4.77. The molecule has 1 aromatic carbocycles. The Bertz CT molecular complexity index is 358. The Labute approximate surface area is 106 Å². The summed E-state index contributed by atoms with van der Waals surface area (Å²) < 4.78 is 0. The Morgan fingerprint density at radius 3 is 2.88 bits per heavy atom. The minimum absolute atomic E-state index is 0.136. The highest BCUT2D eigenvalue weighted by Crippen LogP contribution is 2.17. The van der Waals surface area contributed by atoms with Gasteiger partial charge in [-0.25, -0.2) is 0 Å². The van der Waals surface area contributed by atoms with Gasteiger partial charge < -0.3 is 5.32 Å². The third kappa shape index (κ3) is 5.58. The van der Waals surface area contributed by atoms with Gasteiger partial charge in [0.2, 0.25) is 0 Å². The van der Waals surface area contributed by atoms with Gasteiger partial charge in [-0.3, -0.25) is 10.1 Å². The topological polar surface area (TPSA) is 55.2 Å². The van der Waals surface area contributed by atoms with Crippen molar-refractivity contribution in [3.05, 3.63) is 34.4 Å². The van der Waals surface area contributed by atoms with Crippen LogP contribution in [0.5, 0.6) is 0 Å². The average molecular weight is 254 g/mol. The van der Waals surface area contributed by atoms with Gasteiger partial charge in [0.25, 0.3) is 5.69 Å². The fraction of sp³-hybridized carbons (Fsp3) is 0.500. The van der Waals surface area contributed by atoms with Crippen LogP contribution in [-0.4, -0.2) is 23.5 Å². The zero-order valence-corrected chi connectivity index (χ0v) is 10.8. The lowest BCUT2D eigenvalue weighted by atomic mass is 10.2. The second kappa shape index (κ2) is 7.95. The summed E-state index contributed by atoms with van der Waals surface area (Å²) in [5.41, 5.74) is 0.960. The quantitative estimate of drug-likeness (QED) is 0.438. The zero-order valence-electron chi connectivity index (χ0n) is 10.0. The third-order valence-corrected chi connectivity index (χ3v) is 3.11. The van der Waals surface area contributed by atoms with E-state index in [1.54, 1.807) is 12.1 Å². The van der Waals surface area contributed by atoms with E-state index in [4.69, 9.17) is 0 Å². The van der Waals surface area contributed by atoms with Crippen molar-refractivity contribution in [3.63, 3.8) is 0 Å². The van der Waals surface area contributed by atoms with Crippen molar-refractivity contribution in [2.45, 2.75) is 19.3 Å². The molecule has 94 valence electrons. The van der Waals surface area contributed by atoms with Crippen molar-refractivity contribution in [1.29, 1.82) is 0 Å². The summed E-state index contributed by atoms with van der Waals surface area (Å²) in [5, 5.41) is 13.8. The maximum Gasteiger partial charge on any atom is 0.271 e. The molecular weight excluding hydrogens is 236 g/mol. The first-order valence-electron chi connectivity index (χ1n) is 5.71. The maximum atomic E-state index is 10.6. The van der Waals surface area contributed by atoms with E-state index < -0.39 is 0 Å². The summed E-state index contributed by atoms with van der Waals surface area (Å²) >= 11 is 1.87. The van der Waals surface area contributed by atoms with Crippen LogP contribution in [0.1, 0.15) is 19.3 Å². The summed E-state index contributed by atoms with van der Waals surface area (Å²) in [6.07, 6.45) is 5.64. The Morgan fingerprint density at radius 1 is 1.35 bits per heavy atom. The smallest absolute Gasteiger partial charge is 0.271 e. The molecule has 0 spiro atoms. The summed E-state index contributed by atoms with van der Waals surface area (Å²) in [6.45, 7) is 0.871. The molecule has 0 heterocycles. The zero-order chi connectivity index (χ0) is 12.5. The first-order chi connectivity index (χ1) is 8.24. The van der Waals surface area contributed by atoms with Crippen molar-refractivity contribution >= 4 is 23.1 Å². The number of anilines is 1. The normalized spacial score (nSPS) is 10.2. The number of nitro groups is 1. The molecule has 0 atom stereocenters. The van der Waals surface area contributed by atoms with E-state index in [0.29, 0.717) is 0 Å². The highest BCUT2D eigenvalue weighted by molar-refractivity contribution is 7.98. The minimum atomic E-state index is -0.371. The molecule has 0 amide bonds. The molecule has 1 N–H and O–H groups in total. The molecule has 0 aromatic heterocycles. The van der Waals surface area contributed by atoms with E-state index in [-0.39, 0.29) is 10.6 Å². The molecule has 0 saturated carbocycles. The summed E-state index contributed by atoms with van der Waals surface area (Å²) in [4.78, 5) is 10.2. The molecule has 1 aromatic rings. The number of rotatable bonds is 8. The molecule has 0 unspecified atom stereocenters. The van der Waals surface area contributed by atoms with Crippen LogP contribution in [0.3, 0.4) is 0 Å². The monoisotopic (exact) mass is 254 g/mol. The Hall–Kier alpha value is -1.23. The standard InChI is InChI=1S/C12H18N2O2S/c1-17-9-4-2-3-8-13-11-6-5-7-12(10-11)14(15)16/h5-7,10,13H,2-4,8-9H2,1H3. The predicted molar refractivity (Wildman–Crippen MR) is 73.8 cm³/mol. The van der Waals surface area contributed by atoms with Crippen LogP contribution >= 0.6 is 11.8 Å². The van der Waals surface area contributed by atoms with Crippen molar-refractivity contribution < 1.29 is 4.92 Å². The highest BCUT2D eigenvalue weighted by Gasteiger charge is 2.04. The first kappa shape index (κ1) is 13.8. The highest BCUT2D eigenvalue weighted by atomic mass is 32.2. The van der Waals surface area contributed by atoms with Gasteiger partial charge in [0, 0.05) is 24.4 Å². The summed E-state index contributed by atoms with van der Waals surface area (Å²) in [5.74, 6) is 1.21. The predicted octanol–water partition coefficient (Wildman–Crippen LogP) is 3.54. The fourth-order valence-electron chi connectivity index (χ4n) is 1.51. The molecule has 0 radical (unpaired) electrons. The van der Waals surface area contributed by atoms with Gasteiger partial charge in [-0.15, -0.1) is 0 Å². The van der Waals surface area contributed by atoms with E-state index in [2.05, 4.69) is 11.6 Å². The largest absolute Gasteiger partial charge is 0.385 e. The number of nitrogens with one attached hydrogen (secondary N) is 1. The fourth-order valence-corrected chi connectivity index (χ4v) is 2.00. The van der Waals surface area contributed by atoms with Crippen LogP contribution in [0.25, 0.3) is 0 Å². The van der Waals surface area contributed by atoms with Crippen molar-refractivity contribution in [1.82, 2.24) is 0 Å². The van der Waals surface area contributed by atoms with Gasteiger partial charge in [0.1, 0.15) is 0 Å². The number of nitro benzene ring substituents is 1. The van der Waals surface area contributed by atoms with Crippen LogP contribution < -0.4 is 5.32 Å². The third-order valence-electron chi connectivity index (χ3n) is 2.41. The molecule has 17 heavy (non-hydrogen) atoms. The Morgan fingerprint density at radius 2 is 2.18 bits per heavy atom. The molecule has 1 rings (SSSR count). The van der Waals surface area contributed by atoms with Gasteiger partial charge in [-0.05, 0) is 30.9 Å². The number of nitrogens with zero attached hydrogens (tertiary/aromatic N) is 1. The average Bonchev–Trinajstić information content (AvgIpc) is 2.34. The van der Waals surface area contributed by atoms with E-state index in [1.165, 1.54) is 24.7 Å². The van der Waals surface area contributed by atoms with Crippen LogP contribution in [0.4, 0.5) is 11.4 Å². The lowest BCUT2D eigenvalue weighted by Crippen LogP contribution is -2.02. The minimum Gasteiger partial charge on any atom is -0.385 e. The van der Waals surface area contributed by atoms with Gasteiger partial charge in [0.05, 0.1) is 4.92 Å². The lowest BCUT2D eigenvalue weighted by Gasteiger charge is -2.05. The van der Waals surface area contributed by atoms with Crippen LogP contribution in [-0.2, 0) is 0 Å². The molecule has 5 heteroatoms. The molecule has 0 aliphatic carbocycles. The molecule has 0 bridgehead atoms. The number of thioether (sulfide) groups is 1. The summed E-state index contributed by atoms with van der Waals surface area (Å²) in [6, 6.07) is 6.63. The van der Waals surface area contributed by atoms with Gasteiger partial charge >= 0.3 is 0 Å². The van der Waals surface area contributed by atoms with E-state index in [9.17, 15) is 10.1 Å².